The standard InChI is InChI=1S/C16H14N2O2/c1-20-14-9-7-13(8-10-14)5-4-12-18-16(19)15-6-2-3-11-17-15/h2-3,6-11H,12H2,1H3,(H,18,19). The van der Waals surface area contributed by atoms with Crippen LogP contribution in [0.3, 0.4) is 0 Å². The first-order valence-electron chi connectivity index (χ1n) is 6.12. The summed E-state index contributed by atoms with van der Waals surface area (Å²) in [5.41, 5.74) is 1.26. The van der Waals surface area contributed by atoms with Crippen molar-refractivity contribution < 1.29 is 9.53 Å². The second-order valence-corrected chi connectivity index (χ2v) is 3.93. The van der Waals surface area contributed by atoms with E-state index in [0.717, 1.165) is 11.3 Å². The Kier molecular flexibility index (Phi) is 4.74. The second-order valence-electron chi connectivity index (χ2n) is 3.93. The van der Waals surface area contributed by atoms with Crippen molar-refractivity contribution in [3.8, 4) is 17.6 Å². The van der Waals surface area contributed by atoms with Gasteiger partial charge in [-0.2, -0.15) is 0 Å². The zero-order chi connectivity index (χ0) is 14.2. The number of rotatable bonds is 3. The summed E-state index contributed by atoms with van der Waals surface area (Å²) in [7, 11) is 1.62. The van der Waals surface area contributed by atoms with Gasteiger partial charge in [-0.3, -0.25) is 9.78 Å². The van der Waals surface area contributed by atoms with E-state index >= 15 is 0 Å². The van der Waals surface area contributed by atoms with Gasteiger partial charge < -0.3 is 10.1 Å². The Morgan fingerprint density at radius 1 is 1.25 bits per heavy atom. The molecule has 2 rings (SSSR count). The van der Waals surface area contributed by atoms with Crippen LogP contribution in [0.5, 0.6) is 5.75 Å². The number of benzene rings is 1. The zero-order valence-corrected chi connectivity index (χ0v) is 11.1. The molecule has 4 heteroatoms. The summed E-state index contributed by atoms with van der Waals surface area (Å²) in [6.07, 6.45) is 1.58. The average Bonchev–Trinajstić information content (AvgIpc) is 2.53. The highest BCUT2D eigenvalue weighted by atomic mass is 16.5. The lowest BCUT2D eigenvalue weighted by molar-refractivity contribution is 0.0954. The molecule has 0 aliphatic rings. The predicted octanol–water partition coefficient (Wildman–Crippen LogP) is 1.87. The van der Waals surface area contributed by atoms with Crippen molar-refractivity contribution in [3.63, 3.8) is 0 Å². The minimum atomic E-state index is -0.227. The second kappa shape index (κ2) is 6.95. The molecule has 2 aromatic rings. The van der Waals surface area contributed by atoms with E-state index in [1.165, 1.54) is 0 Å². The number of methoxy groups -OCH3 is 1. The Bertz CT molecular complexity index is 625. The molecule has 1 aromatic carbocycles. The number of pyridine rings is 1. The number of nitrogens with one attached hydrogen (secondary N) is 1. The van der Waals surface area contributed by atoms with Crippen molar-refractivity contribution in [2.24, 2.45) is 0 Å². The van der Waals surface area contributed by atoms with Gasteiger partial charge >= 0.3 is 0 Å². The summed E-state index contributed by atoms with van der Waals surface area (Å²) in [6, 6.07) is 12.6. The van der Waals surface area contributed by atoms with E-state index < -0.39 is 0 Å². The quantitative estimate of drug-likeness (QED) is 0.863. The van der Waals surface area contributed by atoms with E-state index in [1.54, 1.807) is 31.5 Å². The maximum absolute atomic E-state index is 11.7. The van der Waals surface area contributed by atoms with Gasteiger partial charge in [0.1, 0.15) is 11.4 Å². The van der Waals surface area contributed by atoms with E-state index in [1.807, 2.05) is 24.3 Å². The van der Waals surface area contributed by atoms with Gasteiger partial charge in [0.15, 0.2) is 0 Å². The zero-order valence-electron chi connectivity index (χ0n) is 11.1. The highest BCUT2D eigenvalue weighted by Crippen LogP contribution is 2.09. The van der Waals surface area contributed by atoms with Crippen molar-refractivity contribution in [3.05, 3.63) is 59.9 Å². The largest absolute Gasteiger partial charge is 0.497 e. The number of carbonyl (C=O) groups excluding carboxylic acids is 1. The lowest BCUT2D eigenvalue weighted by atomic mass is 10.2. The minimum Gasteiger partial charge on any atom is -0.497 e. The Labute approximate surface area is 117 Å². The summed E-state index contributed by atoms with van der Waals surface area (Å²) in [5.74, 6) is 6.41. The lowest BCUT2D eigenvalue weighted by Crippen LogP contribution is -2.24. The molecule has 0 fully saturated rings. The van der Waals surface area contributed by atoms with Crippen molar-refractivity contribution >= 4 is 5.91 Å². The molecule has 0 saturated carbocycles. The predicted molar refractivity (Wildman–Crippen MR) is 76.4 cm³/mol. The molecule has 0 unspecified atom stereocenters. The molecule has 0 bridgehead atoms. The van der Waals surface area contributed by atoms with Crippen molar-refractivity contribution in [2.45, 2.75) is 0 Å². The molecule has 1 amide bonds. The van der Waals surface area contributed by atoms with Crippen molar-refractivity contribution in [1.29, 1.82) is 0 Å². The molecule has 0 aliphatic heterocycles. The van der Waals surface area contributed by atoms with Crippen LogP contribution >= 0.6 is 0 Å². The van der Waals surface area contributed by atoms with Gasteiger partial charge in [0, 0.05) is 11.8 Å². The maximum Gasteiger partial charge on any atom is 0.270 e. The third-order valence-electron chi connectivity index (χ3n) is 2.56. The first-order chi connectivity index (χ1) is 9.79. The fourth-order valence-electron chi connectivity index (χ4n) is 1.53. The molecule has 0 atom stereocenters. The number of carbonyl (C=O) groups is 1. The third kappa shape index (κ3) is 3.85. The van der Waals surface area contributed by atoms with Crippen molar-refractivity contribution in [1.82, 2.24) is 10.3 Å². The van der Waals surface area contributed by atoms with Crippen LogP contribution in [0.2, 0.25) is 0 Å². The van der Waals surface area contributed by atoms with Crippen LogP contribution in [0.15, 0.2) is 48.7 Å². The molecule has 1 aromatic heterocycles. The molecule has 0 radical (unpaired) electrons. The Balaban J connectivity index is 1.87. The minimum absolute atomic E-state index is 0.227. The van der Waals surface area contributed by atoms with Gasteiger partial charge in [0.25, 0.3) is 5.91 Å². The summed E-state index contributed by atoms with van der Waals surface area (Å²) in [6.45, 7) is 0.279. The van der Waals surface area contributed by atoms with Crippen LogP contribution in [-0.4, -0.2) is 24.5 Å². The van der Waals surface area contributed by atoms with E-state index in [4.69, 9.17) is 4.74 Å². The highest BCUT2D eigenvalue weighted by molar-refractivity contribution is 5.92. The molecule has 0 spiro atoms. The van der Waals surface area contributed by atoms with Crippen LogP contribution in [-0.2, 0) is 0 Å². The van der Waals surface area contributed by atoms with Gasteiger partial charge in [-0.05, 0) is 36.4 Å². The van der Waals surface area contributed by atoms with E-state index in [0.29, 0.717) is 5.69 Å². The smallest absolute Gasteiger partial charge is 0.270 e. The SMILES string of the molecule is COc1ccc(C#CCNC(=O)c2ccccn2)cc1. The molecular weight excluding hydrogens is 252 g/mol. The lowest BCUT2D eigenvalue weighted by Gasteiger charge is -1.99. The Hall–Kier alpha value is -2.80. The van der Waals surface area contributed by atoms with Gasteiger partial charge in [-0.15, -0.1) is 0 Å². The van der Waals surface area contributed by atoms with Gasteiger partial charge in [-0.25, -0.2) is 0 Å². The average molecular weight is 266 g/mol. The number of hydrogen-bond donors (Lipinski definition) is 1. The number of nitrogens with zero attached hydrogens (tertiary/aromatic N) is 1. The molecule has 0 saturated heterocycles. The van der Waals surface area contributed by atoms with Gasteiger partial charge in [0.05, 0.1) is 13.7 Å². The summed E-state index contributed by atoms with van der Waals surface area (Å²) >= 11 is 0. The summed E-state index contributed by atoms with van der Waals surface area (Å²) in [4.78, 5) is 15.6. The van der Waals surface area contributed by atoms with E-state index in [2.05, 4.69) is 22.1 Å². The molecule has 4 nitrogen and oxygen atoms in total. The van der Waals surface area contributed by atoms with Crippen LogP contribution in [0.4, 0.5) is 0 Å². The number of aromatic nitrogens is 1. The Morgan fingerprint density at radius 2 is 2.05 bits per heavy atom. The normalized spacial score (nSPS) is 9.25. The number of amides is 1. The van der Waals surface area contributed by atoms with E-state index in [9.17, 15) is 4.79 Å². The third-order valence-corrected chi connectivity index (χ3v) is 2.56. The summed E-state index contributed by atoms with van der Waals surface area (Å²) < 4.78 is 5.06. The number of hydrogen-bond acceptors (Lipinski definition) is 3. The highest BCUT2D eigenvalue weighted by Gasteiger charge is 2.02. The van der Waals surface area contributed by atoms with Crippen LogP contribution in [0.1, 0.15) is 16.1 Å². The monoisotopic (exact) mass is 266 g/mol. The van der Waals surface area contributed by atoms with Gasteiger partial charge in [0.2, 0.25) is 0 Å². The Morgan fingerprint density at radius 3 is 2.70 bits per heavy atom. The molecule has 1 heterocycles. The fraction of sp³-hybridized carbons (Fsp3) is 0.125. The number of ether oxygens (including phenoxy) is 1. The topological polar surface area (TPSA) is 51.2 Å². The molecule has 1 N–H and O–H groups in total. The first-order valence-corrected chi connectivity index (χ1v) is 6.12. The molecule has 100 valence electrons. The molecule has 20 heavy (non-hydrogen) atoms. The van der Waals surface area contributed by atoms with Crippen LogP contribution in [0, 0.1) is 11.8 Å². The molecular formula is C16H14N2O2. The fourth-order valence-corrected chi connectivity index (χ4v) is 1.53. The first kappa shape index (κ1) is 13.6. The molecule has 0 aliphatic carbocycles. The van der Waals surface area contributed by atoms with E-state index in [-0.39, 0.29) is 12.5 Å². The van der Waals surface area contributed by atoms with Crippen molar-refractivity contribution in [2.75, 3.05) is 13.7 Å². The van der Waals surface area contributed by atoms with Crippen LogP contribution in [0.25, 0.3) is 0 Å². The van der Waals surface area contributed by atoms with Gasteiger partial charge in [-0.1, -0.05) is 17.9 Å². The maximum atomic E-state index is 11.7. The summed E-state index contributed by atoms with van der Waals surface area (Å²) in [5, 5.41) is 2.69. The van der Waals surface area contributed by atoms with Crippen LogP contribution < -0.4 is 10.1 Å².